The van der Waals surface area contributed by atoms with Crippen LogP contribution < -0.4 is 16.0 Å². The maximum atomic E-state index is 13.2. The minimum absolute atomic E-state index is 0.00230. The van der Waals surface area contributed by atoms with Crippen LogP contribution in [-0.4, -0.2) is 74.2 Å². The first-order chi connectivity index (χ1) is 17.8. The van der Waals surface area contributed by atoms with Crippen LogP contribution in [0.2, 0.25) is 0 Å². The van der Waals surface area contributed by atoms with Gasteiger partial charge in [-0.3, -0.25) is 14.9 Å². The Morgan fingerprint density at radius 2 is 2.00 bits per heavy atom. The van der Waals surface area contributed by atoms with Crippen LogP contribution in [0.15, 0.2) is 22.9 Å². The zero-order valence-corrected chi connectivity index (χ0v) is 21.4. The molecular weight excluding hydrogens is 496 g/mol. The number of hydrogen-bond acceptors (Lipinski definition) is 9. The Morgan fingerprint density at radius 1 is 1.22 bits per heavy atom. The lowest BCUT2D eigenvalue weighted by Crippen LogP contribution is -2.48. The quantitative estimate of drug-likeness (QED) is 0.381. The van der Waals surface area contributed by atoms with Gasteiger partial charge in [0, 0.05) is 25.2 Å². The highest BCUT2D eigenvalue weighted by Gasteiger charge is 2.33. The molecule has 194 valence electrons. The van der Waals surface area contributed by atoms with Gasteiger partial charge in [0.2, 0.25) is 5.95 Å². The average molecular weight is 525 g/mol. The number of carbonyl (C=O) groups excluding carboxylic acids is 3. The second-order valence-corrected chi connectivity index (χ2v) is 11.2. The van der Waals surface area contributed by atoms with Crippen LogP contribution >= 0.6 is 11.8 Å². The third kappa shape index (κ3) is 4.92. The number of amides is 4. The molecule has 0 aromatic carbocycles. The molecular formula is C24H28N8O4S. The monoisotopic (exact) mass is 524 g/mol. The number of aromatic nitrogens is 4. The maximum absolute atomic E-state index is 13.2. The number of ether oxygens (including phenoxy) is 1. The van der Waals surface area contributed by atoms with Gasteiger partial charge < -0.3 is 20.3 Å². The topological polar surface area (TPSA) is 143 Å². The van der Waals surface area contributed by atoms with Crippen molar-refractivity contribution >= 4 is 47.3 Å². The van der Waals surface area contributed by atoms with Gasteiger partial charge in [0.05, 0.1) is 28.6 Å². The predicted molar refractivity (Wildman–Crippen MR) is 136 cm³/mol. The van der Waals surface area contributed by atoms with Crippen LogP contribution in [0.25, 0.3) is 11.7 Å². The molecule has 37 heavy (non-hydrogen) atoms. The molecule has 0 spiro atoms. The minimum Gasteiger partial charge on any atom is -0.372 e. The van der Waals surface area contributed by atoms with Gasteiger partial charge in [0.1, 0.15) is 11.5 Å². The molecule has 1 aliphatic carbocycles. The highest BCUT2D eigenvalue weighted by Crippen LogP contribution is 2.43. The molecule has 3 unspecified atom stereocenters. The summed E-state index contributed by atoms with van der Waals surface area (Å²) in [5.74, 6) is 1.27. The van der Waals surface area contributed by atoms with E-state index in [4.69, 9.17) is 14.7 Å². The van der Waals surface area contributed by atoms with Crippen LogP contribution in [-0.2, 0) is 14.3 Å². The molecule has 0 radical (unpaired) electrons. The van der Waals surface area contributed by atoms with Crippen molar-refractivity contribution in [2.75, 3.05) is 25.0 Å². The lowest BCUT2D eigenvalue weighted by atomic mass is 10.2. The summed E-state index contributed by atoms with van der Waals surface area (Å²) in [6, 6.07) is -0.565. The molecule has 3 N–H and O–H groups in total. The first kappa shape index (κ1) is 23.9. The molecule has 4 amide bonds. The summed E-state index contributed by atoms with van der Waals surface area (Å²) >= 11 is 1.47. The van der Waals surface area contributed by atoms with Crippen molar-refractivity contribution in [2.45, 2.75) is 50.6 Å². The molecule has 5 heterocycles. The summed E-state index contributed by atoms with van der Waals surface area (Å²) in [4.78, 5) is 49.0. The number of anilines is 1. The smallest absolute Gasteiger partial charge is 0.326 e. The molecule has 3 fully saturated rings. The van der Waals surface area contributed by atoms with Gasteiger partial charge in [-0.15, -0.1) is 11.8 Å². The number of imide groups is 1. The lowest BCUT2D eigenvalue weighted by molar-refractivity contribution is -0.138. The van der Waals surface area contributed by atoms with Gasteiger partial charge in [-0.05, 0) is 45.1 Å². The summed E-state index contributed by atoms with van der Waals surface area (Å²) in [6.45, 7) is 5.89. The molecule has 6 rings (SSSR count). The van der Waals surface area contributed by atoms with Crippen LogP contribution in [0.4, 0.5) is 10.7 Å². The number of urea groups is 1. The number of thioether (sulfide) groups is 1. The molecule has 13 heteroatoms. The highest BCUT2D eigenvalue weighted by atomic mass is 32.2. The molecule has 12 nitrogen and oxygen atoms in total. The Hall–Kier alpha value is -3.45. The second-order valence-electron chi connectivity index (χ2n) is 9.91. The van der Waals surface area contributed by atoms with Crippen molar-refractivity contribution in [3.05, 3.63) is 34.3 Å². The Morgan fingerprint density at radius 3 is 2.70 bits per heavy atom. The number of fused-ring (bicyclic) bond motifs is 1. The second kappa shape index (κ2) is 9.45. The van der Waals surface area contributed by atoms with Crippen molar-refractivity contribution in [3.8, 4) is 0 Å². The third-order valence-electron chi connectivity index (χ3n) is 6.67. The van der Waals surface area contributed by atoms with E-state index in [2.05, 4.69) is 21.0 Å². The van der Waals surface area contributed by atoms with E-state index in [1.165, 1.54) is 24.6 Å². The molecule has 4 aliphatic rings. The zero-order valence-electron chi connectivity index (χ0n) is 20.6. The number of carbonyl (C=O) groups is 3. The molecule has 0 bridgehead atoms. The molecule has 2 aromatic rings. The highest BCUT2D eigenvalue weighted by molar-refractivity contribution is 8.04. The lowest BCUT2D eigenvalue weighted by Gasteiger charge is -2.35. The zero-order chi connectivity index (χ0) is 25.7. The van der Waals surface area contributed by atoms with Gasteiger partial charge in [-0.25, -0.2) is 9.78 Å². The van der Waals surface area contributed by atoms with Crippen molar-refractivity contribution < 1.29 is 19.1 Å². The largest absolute Gasteiger partial charge is 0.372 e. The van der Waals surface area contributed by atoms with E-state index in [1.54, 1.807) is 16.8 Å². The Bertz CT molecular complexity index is 1340. The summed E-state index contributed by atoms with van der Waals surface area (Å²) in [6.07, 6.45) is 8.12. The van der Waals surface area contributed by atoms with Crippen LogP contribution in [0.3, 0.4) is 0 Å². The summed E-state index contributed by atoms with van der Waals surface area (Å²) in [7, 11) is 0. The molecule has 1 saturated carbocycles. The predicted octanol–water partition coefficient (Wildman–Crippen LogP) is 1.82. The fourth-order valence-corrected chi connectivity index (χ4v) is 5.86. The number of hydrogen-bond donors (Lipinski definition) is 3. The number of nitrogens with zero attached hydrogens (tertiary/aromatic N) is 5. The van der Waals surface area contributed by atoms with E-state index >= 15 is 0 Å². The number of allylic oxidation sites excluding steroid dienone is 1. The van der Waals surface area contributed by atoms with Crippen LogP contribution in [0.1, 0.15) is 49.7 Å². The van der Waals surface area contributed by atoms with E-state index in [-0.39, 0.29) is 29.1 Å². The minimum atomic E-state index is -0.565. The Labute approximate surface area is 217 Å². The van der Waals surface area contributed by atoms with E-state index in [9.17, 15) is 14.4 Å². The first-order valence-electron chi connectivity index (χ1n) is 12.5. The fourth-order valence-electron chi connectivity index (χ4n) is 4.73. The van der Waals surface area contributed by atoms with Crippen molar-refractivity contribution in [1.82, 2.24) is 35.1 Å². The van der Waals surface area contributed by atoms with Gasteiger partial charge >= 0.3 is 6.03 Å². The average Bonchev–Trinajstić information content (AvgIpc) is 3.24. The van der Waals surface area contributed by atoms with Crippen LogP contribution in [0, 0.1) is 5.92 Å². The Balaban J connectivity index is 1.28. The van der Waals surface area contributed by atoms with Gasteiger partial charge in [0.15, 0.2) is 5.65 Å². The van der Waals surface area contributed by atoms with Crippen LogP contribution in [0.5, 0.6) is 0 Å². The van der Waals surface area contributed by atoms with E-state index < -0.39 is 11.9 Å². The summed E-state index contributed by atoms with van der Waals surface area (Å²) < 4.78 is 7.39. The number of morpholine rings is 1. The molecule has 2 saturated heterocycles. The fraction of sp³-hybridized carbons (Fsp3) is 0.500. The van der Waals surface area contributed by atoms with Gasteiger partial charge in [0.25, 0.3) is 11.8 Å². The molecule has 2 aromatic heterocycles. The number of rotatable bonds is 6. The van der Waals surface area contributed by atoms with E-state index in [0.717, 1.165) is 6.54 Å². The van der Waals surface area contributed by atoms with E-state index in [0.29, 0.717) is 53.3 Å². The van der Waals surface area contributed by atoms with Crippen molar-refractivity contribution in [1.29, 1.82) is 0 Å². The standard InChI is InChI=1S/C24H28N8O4S/c1-12-10-31(11-13(2)36-12)22(34)18-6-5-17(37-18)19-28-20-15(7-16-21(33)30-24(35)27-16)9-26-32(20)23(29-19)25-8-14-3-4-14/h6-7,9,12-14,17H,3-5,8,10-11H2,1-2H3,(H,25,28,29)(H2,27,30,33,35)/b16-7-. The van der Waals surface area contributed by atoms with Gasteiger partial charge in [-0.2, -0.15) is 14.6 Å². The molecule has 3 atom stereocenters. The van der Waals surface area contributed by atoms with Crippen molar-refractivity contribution in [3.63, 3.8) is 0 Å². The van der Waals surface area contributed by atoms with Crippen molar-refractivity contribution in [2.24, 2.45) is 5.92 Å². The normalized spacial score (nSPS) is 27.0. The Kier molecular flexibility index (Phi) is 6.11. The summed E-state index contributed by atoms with van der Waals surface area (Å²) in [5.41, 5.74) is 1.22. The van der Waals surface area contributed by atoms with Gasteiger partial charge in [-0.1, -0.05) is 6.08 Å². The van der Waals surface area contributed by atoms with E-state index in [1.807, 2.05) is 24.8 Å². The first-order valence-corrected chi connectivity index (χ1v) is 13.4. The molecule has 3 aliphatic heterocycles. The number of nitrogens with one attached hydrogen (secondary N) is 3. The summed E-state index contributed by atoms with van der Waals surface area (Å²) in [5, 5.41) is 12.4. The SMILES string of the molecule is CC1CN(C(=O)C2=CCC(c3nc(NCC4CC4)n4ncc(/C=C5\NC(=O)NC5=O)c4n3)S2)CC(C)O1. The third-order valence-corrected chi connectivity index (χ3v) is 7.95. The maximum Gasteiger partial charge on any atom is 0.326 e.